The Bertz CT molecular complexity index is 457. The van der Waals surface area contributed by atoms with Crippen LogP contribution >= 0.6 is 11.3 Å². The number of likely N-dealkylation sites (N-methyl/N-ethyl adjacent to an activating group) is 1. The second kappa shape index (κ2) is 6.97. The molecule has 0 aliphatic heterocycles. The molecule has 0 fully saturated rings. The number of thiophene rings is 1. The number of rotatable bonds is 5. The highest BCUT2D eigenvalue weighted by molar-refractivity contribution is 7.17. The molecule has 1 heterocycles. The highest BCUT2D eigenvalue weighted by atomic mass is 35.5. The lowest BCUT2D eigenvalue weighted by molar-refractivity contribution is -0.00000438. The molecule has 0 spiro atoms. The quantitative estimate of drug-likeness (QED) is 0.808. The molecule has 2 aromatic rings. The number of nitrogens with zero attached hydrogens (tertiary/aromatic N) is 1. The fourth-order valence-corrected chi connectivity index (χ4v) is 2.84. The molecule has 0 saturated carbocycles. The summed E-state index contributed by atoms with van der Waals surface area (Å²) in [6.07, 6.45) is 0. The van der Waals surface area contributed by atoms with Crippen LogP contribution in [0.2, 0.25) is 0 Å². The van der Waals surface area contributed by atoms with Crippen molar-refractivity contribution in [3.63, 3.8) is 0 Å². The summed E-state index contributed by atoms with van der Waals surface area (Å²) in [6.45, 7) is 5.02. The Kier molecular flexibility index (Phi) is 5.92. The Morgan fingerprint density at radius 1 is 1.29 bits per heavy atom. The van der Waals surface area contributed by atoms with E-state index in [1.807, 2.05) is 0 Å². The Hall–Kier alpha value is -0.610. The first-order valence-electron chi connectivity index (χ1n) is 5.63. The van der Waals surface area contributed by atoms with E-state index in [2.05, 4.69) is 41.5 Å². The van der Waals surface area contributed by atoms with E-state index >= 15 is 0 Å². The van der Waals surface area contributed by atoms with Crippen molar-refractivity contribution in [1.82, 2.24) is 4.90 Å². The van der Waals surface area contributed by atoms with Gasteiger partial charge in [-0.25, -0.2) is 0 Å². The van der Waals surface area contributed by atoms with Crippen LogP contribution in [0, 0.1) is 0 Å². The van der Waals surface area contributed by atoms with Crippen LogP contribution in [0.1, 0.15) is 12.5 Å². The Morgan fingerprint density at radius 3 is 2.76 bits per heavy atom. The molecule has 1 N–H and O–H groups in total. The van der Waals surface area contributed by atoms with Gasteiger partial charge >= 0.3 is 0 Å². The first kappa shape index (κ1) is 14.5. The van der Waals surface area contributed by atoms with Crippen LogP contribution in [0.25, 0.3) is 10.1 Å². The predicted octanol–water partition coefficient (Wildman–Crippen LogP) is -0.281. The maximum absolute atomic E-state index is 8.97. The molecule has 0 bridgehead atoms. The van der Waals surface area contributed by atoms with E-state index in [0.29, 0.717) is 0 Å². The Balaban J connectivity index is 0.00000144. The lowest BCUT2D eigenvalue weighted by atomic mass is 10.1. The van der Waals surface area contributed by atoms with E-state index in [9.17, 15) is 0 Å². The van der Waals surface area contributed by atoms with Gasteiger partial charge < -0.3 is 17.5 Å². The number of aliphatic hydroxyl groups excluding tert-OH is 1. The van der Waals surface area contributed by atoms with E-state index in [-0.39, 0.29) is 19.0 Å². The number of hydrogen-bond donors (Lipinski definition) is 1. The van der Waals surface area contributed by atoms with E-state index in [0.717, 1.165) is 19.6 Å². The molecule has 4 heteroatoms. The zero-order valence-corrected chi connectivity index (χ0v) is 11.5. The van der Waals surface area contributed by atoms with Crippen LogP contribution in [0.4, 0.5) is 0 Å². The minimum absolute atomic E-state index is 0. The standard InChI is InChI=1S/C13H17NOS.ClH/c1-2-14(7-8-15)9-11-10-16-13-6-4-3-5-12(11)13;/h3-6,10,15H,2,7-9H2,1H3;1H/p-1. The maximum Gasteiger partial charge on any atom is 0.0558 e. The number of fused-ring (bicyclic) bond motifs is 1. The van der Waals surface area contributed by atoms with Gasteiger partial charge in [0.15, 0.2) is 0 Å². The van der Waals surface area contributed by atoms with Gasteiger partial charge in [0.05, 0.1) is 6.61 Å². The summed E-state index contributed by atoms with van der Waals surface area (Å²) < 4.78 is 1.34. The second-order valence-corrected chi connectivity index (χ2v) is 4.76. The molecule has 94 valence electrons. The van der Waals surface area contributed by atoms with Gasteiger partial charge in [-0.1, -0.05) is 25.1 Å². The van der Waals surface area contributed by atoms with Crippen LogP contribution in [-0.4, -0.2) is 29.7 Å². The van der Waals surface area contributed by atoms with Gasteiger partial charge in [-0.3, -0.25) is 4.90 Å². The molecule has 0 radical (unpaired) electrons. The molecule has 0 amide bonds. The van der Waals surface area contributed by atoms with Gasteiger partial charge in [-0.15, -0.1) is 11.3 Å². The Labute approximate surface area is 112 Å². The molecule has 0 aliphatic rings. The van der Waals surface area contributed by atoms with Crippen LogP contribution in [0.15, 0.2) is 29.6 Å². The van der Waals surface area contributed by atoms with Crippen LogP contribution < -0.4 is 12.4 Å². The van der Waals surface area contributed by atoms with E-state index in [1.54, 1.807) is 11.3 Å². The summed E-state index contributed by atoms with van der Waals surface area (Å²) in [7, 11) is 0. The van der Waals surface area contributed by atoms with Crippen LogP contribution in [0.3, 0.4) is 0 Å². The van der Waals surface area contributed by atoms with Gasteiger partial charge in [-0.05, 0) is 28.9 Å². The largest absolute Gasteiger partial charge is 1.00 e. The van der Waals surface area contributed by atoms with E-state index < -0.39 is 0 Å². The molecule has 0 atom stereocenters. The lowest BCUT2D eigenvalue weighted by Crippen LogP contribution is -3.00. The third-order valence-electron chi connectivity index (χ3n) is 2.82. The number of benzene rings is 1. The maximum atomic E-state index is 8.97. The van der Waals surface area contributed by atoms with Gasteiger partial charge in [0.25, 0.3) is 0 Å². The molecule has 17 heavy (non-hydrogen) atoms. The monoisotopic (exact) mass is 270 g/mol. The van der Waals surface area contributed by atoms with Crippen molar-refractivity contribution in [2.75, 3.05) is 19.7 Å². The third-order valence-corrected chi connectivity index (χ3v) is 3.83. The summed E-state index contributed by atoms with van der Waals surface area (Å²) in [5.41, 5.74) is 1.37. The highest BCUT2D eigenvalue weighted by Gasteiger charge is 2.07. The van der Waals surface area contributed by atoms with Crippen molar-refractivity contribution >= 4 is 21.4 Å². The van der Waals surface area contributed by atoms with Gasteiger partial charge in [-0.2, -0.15) is 0 Å². The molecule has 2 rings (SSSR count). The van der Waals surface area contributed by atoms with Crippen molar-refractivity contribution in [2.24, 2.45) is 0 Å². The minimum Gasteiger partial charge on any atom is -1.00 e. The molecule has 1 aromatic heterocycles. The summed E-state index contributed by atoms with van der Waals surface area (Å²) in [4.78, 5) is 2.26. The molecule has 2 nitrogen and oxygen atoms in total. The predicted molar refractivity (Wildman–Crippen MR) is 69.9 cm³/mol. The van der Waals surface area contributed by atoms with Gasteiger partial charge in [0.2, 0.25) is 0 Å². The average molecular weight is 271 g/mol. The summed E-state index contributed by atoms with van der Waals surface area (Å²) in [5.74, 6) is 0. The molecule has 0 aliphatic carbocycles. The minimum atomic E-state index is 0. The molecular formula is C13H17ClNOS-. The van der Waals surface area contributed by atoms with Crippen molar-refractivity contribution < 1.29 is 17.5 Å². The SMILES string of the molecule is CCN(CCO)Cc1csc2ccccc12.[Cl-]. The van der Waals surface area contributed by atoms with Crippen LogP contribution in [-0.2, 0) is 6.54 Å². The van der Waals surface area contributed by atoms with Gasteiger partial charge in [0, 0.05) is 17.8 Å². The Morgan fingerprint density at radius 2 is 2.06 bits per heavy atom. The fourth-order valence-electron chi connectivity index (χ4n) is 1.89. The van der Waals surface area contributed by atoms with Crippen molar-refractivity contribution in [1.29, 1.82) is 0 Å². The fraction of sp³-hybridized carbons (Fsp3) is 0.385. The zero-order valence-electron chi connectivity index (χ0n) is 9.90. The van der Waals surface area contributed by atoms with Crippen molar-refractivity contribution in [2.45, 2.75) is 13.5 Å². The van der Waals surface area contributed by atoms with Crippen LogP contribution in [0.5, 0.6) is 0 Å². The van der Waals surface area contributed by atoms with Crippen molar-refractivity contribution in [3.05, 3.63) is 35.2 Å². The number of halogens is 1. The molecule has 1 aromatic carbocycles. The van der Waals surface area contributed by atoms with E-state index in [4.69, 9.17) is 5.11 Å². The highest BCUT2D eigenvalue weighted by Crippen LogP contribution is 2.26. The van der Waals surface area contributed by atoms with E-state index in [1.165, 1.54) is 15.6 Å². The summed E-state index contributed by atoms with van der Waals surface area (Å²) in [6, 6.07) is 8.49. The first-order valence-corrected chi connectivity index (χ1v) is 6.51. The second-order valence-electron chi connectivity index (χ2n) is 3.85. The average Bonchev–Trinajstić information content (AvgIpc) is 2.72. The lowest BCUT2D eigenvalue weighted by Gasteiger charge is -2.18. The molecular weight excluding hydrogens is 254 g/mol. The number of aliphatic hydroxyl groups is 1. The number of hydrogen-bond acceptors (Lipinski definition) is 3. The summed E-state index contributed by atoms with van der Waals surface area (Å²) >= 11 is 1.80. The summed E-state index contributed by atoms with van der Waals surface area (Å²) in [5, 5.41) is 12.5. The third kappa shape index (κ3) is 3.42. The van der Waals surface area contributed by atoms with Crippen molar-refractivity contribution in [3.8, 4) is 0 Å². The molecule has 0 saturated heterocycles. The topological polar surface area (TPSA) is 23.5 Å². The zero-order chi connectivity index (χ0) is 11.4. The smallest absolute Gasteiger partial charge is 0.0558 e. The normalized spacial score (nSPS) is 10.8. The van der Waals surface area contributed by atoms with Gasteiger partial charge in [0.1, 0.15) is 0 Å². The molecule has 0 unspecified atom stereocenters. The first-order chi connectivity index (χ1) is 7.85.